The third-order valence-corrected chi connectivity index (χ3v) is 5.51. The molecule has 0 unspecified atom stereocenters. The van der Waals surface area contributed by atoms with Crippen LogP contribution < -0.4 is 0 Å². The Labute approximate surface area is 127 Å². The van der Waals surface area contributed by atoms with Gasteiger partial charge >= 0.3 is 0 Å². The van der Waals surface area contributed by atoms with E-state index in [2.05, 4.69) is 49.5 Å². The van der Waals surface area contributed by atoms with Gasteiger partial charge in [0.2, 0.25) is 0 Å². The Kier molecular flexibility index (Phi) is 5.63. The molecule has 4 heteroatoms. The first kappa shape index (κ1) is 14.0. The number of rotatable bonds is 4. The summed E-state index contributed by atoms with van der Waals surface area (Å²) in [6.07, 6.45) is 0. The van der Waals surface area contributed by atoms with Gasteiger partial charge < -0.3 is 0 Å². The van der Waals surface area contributed by atoms with Gasteiger partial charge in [0, 0.05) is 9.79 Å². The SMILES string of the molecule is S/C(Sc1ccccc1)=C(\S)Sc1ccccc1. The fourth-order valence-electron chi connectivity index (χ4n) is 1.29. The van der Waals surface area contributed by atoms with Gasteiger partial charge in [0.25, 0.3) is 0 Å². The molecule has 0 radical (unpaired) electrons. The van der Waals surface area contributed by atoms with Crippen molar-refractivity contribution in [3.05, 3.63) is 69.1 Å². The van der Waals surface area contributed by atoms with Crippen molar-refractivity contribution in [1.29, 1.82) is 0 Å². The van der Waals surface area contributed by atoms with Gasteiger partial charge in [-0.1, -0.05) is 59.9 Å². The maximum absolute atomic E-state index is 4.51. The smallest absolute Gasteiger partial charge is 0.0621 e. The van der Waals surface area contributed by atoms with Crippen LogP contribution in [0.4, 0.5) is 0 Å². The van der Waals surface area contributed by atoms with Gasteiger partial charge in [-0.15, -0.1) is 25.3 Å². The average Bonchev–Trinajstić information content (AvgIpc) is 2.41. The third kappa shape index (κ3) is 4.35. The van der Waals surface area contributed by atoms with Crippen molar-refractivity contribution in [2.75, 3.05) is 0 Å². The highest BCUT2D eigenvalue weighted by molar-refractivity contribution is 8.21. The molecule has 0 heterocycles. The first-order valence-corrected chi connectivity index (χ1v) is 7.86. The van der Waals surface area contributed by atoms with Crippen LogP contribution in [-0.2, 0) is 0 Å². The van der Waals surface area contributed by atoms with E-state index in [9.17, 15) is 0 Å². The van der Waals surface area contributed by atoms with Gasteiger partial charge in [0.05, 0.1) is 8.47 Å². The van der Waals surface area contributed by atoms with E-state index in [0.717, 1.165) is 8.47 Å². The molecule has 0 aliphatic carbocycles. The summed E-state index contributed by atoms with van der Waals surface area (Å²) >= 11 is 12.3. The molecule has 0 nitrogen and oxygen atoms in total. The van der Waals surface area contributed by atoms with Crippen LogP contribution in [0.2, 0.25) is 0 Å². The molecule has 0 fully saturated rings. The van der Waals surface area contributed by atoms with Gasteiger partial charge in [-0.25, -0.2) is 0 Å². The molecule has 2 aromatic carbocycles. The van der Waals surface area contributed by atoms with E-state index in [0.29, 0.717) is 0 Å². The van der Waals surface area contributed by atoms with Crippen molar-refractivity contribution < 1.29 is 0 Å². The molecule has 2 rings (SSSR count). The van der Waals surface area contributed by atoms with Crippen molar-refractivity contribution >= 4 is 48.8 Å². The summed E-state index contributed by atoms with van der Waals surface area (Å²) in [5.74, 6) is 0. The fourth-order valence-corrected chi connectivity index (χ4v) is 3.65. The molecule has 0 saturated heterocycles. The predicted octanol–water partition coefficient (Wildman–Crippen LogP) is 5.56. The highest BCUT2D eigenvalue weighted by Gasteiger charge is 2.03. The summed E-state index contributed by atoms with van der Waals surface area (Å²) in [7, 11) is 0. The Balaban J connectivity index is 2.06. The summed E-state index contributed by atoms with van der Waals surface area (Å²) in [5.41, 5.74) is 0. The van der Waals surface area contributed by atoms with Crippen molar-refractivity contribution in [2.24, 2.45) is 0 Å². The van der Waals surface area contributed by atoms with E-state index in [1.54, 1.807) is 23.5 Å². The van der Waals surface area contributed by atoms with Crippen LogP contribution in [-0.4, -0.2) is 0 Å². The van der Waals surface area contributed by atoms with Gasteiger partial charge in [-0.05, 0) is 24.3 Å². The fraction of sp³-hybridized carbons (Fsp3) is 0. The minimum absolute atomic E-state index is 0.915. The number of thiol groups is 2. The van der Waals surface area contributed by atoms with Crippen molar-refractivity contribution in [3.63, 3.8) is 0 Å². The van der Waals surface area contributed by atoms with Crippen LogP contribution >= 0.6 is 48.8 Å². The van der Waals surface area contributed by atoms with Gasteiger partial charge in [0.1, 0.15) is 0 Å². The maximum Gasteiger partial charge on any atom is 0.0621 e. The van der Waals surface area contributed by atoms with Crippen molar-refractivity contribution in [2.45, 2.75) is 9.79 Å². The minimum Gasteiger partial charge on any atom is -0.135 e. The third-order valence-electron chi connectivity index (χ3n) is 2.10. The summed E-state index contributed by atoms with van der Waals surface area (Å²) in [4.78, 5) is 2.34. The Hall–Kier alpha value is -0.420. The lowest BCUT2D eigenvalue weighted by Crippen LogP contribution is -1.74. The number of thioether (sulfide) groups is 2. The highest BCUT2D eigenvalue weighted by atomic mass is 32.2. The Bertz CT molecular complexity index is 471. The van der Waals surface area contributed by atoms with Crippen LogP contribution in [0.5, 0.6) is 0 Å². The van der Waals surface area contributed by atoms with Crippen LogP contribution in [0, 0.1) is 0 Å². The van der Waals surface area contributed by atoms with E-state index in [1.165, 1.54) is 9.79 Å². The zero-order valence-electron chi connectivity index (χ0n) is 9.48. The first-order valence-electron chi connectivity index (χ1n) is 5.34. The van der Waals surface area contributed by atoms with E-state index in [-0.39, 0.29) is 0 Å². The molecule has 0 amide bonds. The standard InChI is InChI=1S/C14H12S4/c15-13(17-11-7-3-1-4-8-11)14(16)18-12-9-5-2-6-10-12/h1-10,15-16H/b14-13-. The minimum atomic E-state index is 0.915. The Morgan fingerprint density at radius 2 is 0.944 bits per heavy atom. The molecule has 0 aliphatic rings. The summed E-state index contributed by atoms with van der Waals surface area (Å²) < 4.78 is 1.83. The normalized spacial score (nSPS) is 12.1. The second kappa shape index (κ2) is 7.24. The molecule has 0 saturated carbocycles. The summed E-state index contributed by atoms with van der Waals surface area (Å²) in [6, 6.07) is 20.3. The molecule has 0 aliphatic heterocycles. The molecule has 0 N–H and O–H groups in total. The van der Waals surface area contributed by atoms with Crippen molar-refractivity contribution in [3.8, 4) is 0 Å². The number of hydrogen-bond donors (Lipinski definition) is 2. The summed E-state index contributed by atoms with van der Waals surface area (Å²) in [6.45, 7) is 0. The van der Waals surface area contributed by atoms with Gasteiger partial charge in [-0.3, -0.25) is 0 Å². The monoisotopic (exact) mass is 308 g/mol. The molecule has 0 atom stereocenters. The molecule has 0 spiro atoms. The lowest BCUT2D eigenvalue weighted by atomic mass is 10.4. The van der Waals surface area contributed by atoms with Crippen LogP contribution in [0.15, 0.2) is 78.9 Å². The lowest BCUT2D eigenvalue weighted by molar-refractivity contribution is 1.47. The van der Waals surface area contributed by atoms with Gasteiger partial charge in [-0.2, -0.15) is 0 Å². The maximum atomic E-state index is 4.51. The topological polar surface area (TPSA) is 0 Å². The molecule has 0 bridgehead atoms. The largest absolute Gasteiger partial charge is 0.135 e. The number of hydrogen-bond acceptors (Lipinski definition) is 4. The molecule has 2 aromatic rings. The molecule has 18 heavy (non-hydrogen) atoms. The first-order chi connectivity index (χ1) is 8.75. The molecular formula is C14H12S4. The van der Waals surface area contributed by atoms with Crippen molar-refractivity contribution in [1.82, 2.24) is 0 Å². The van der Waals surface area contributed by atoms with Crippen LogP contribution in [0.1, 0.15) is 0 Å². The number of benzene rings is 2. The molecular weight excluding hydrogens is 296 g/mol. The molecule has 0 aromatic heterocycles. The van der Waals surface area contributed by atoms with Gasteiger partial charge in [0.15, 0.2) is 0 Å². The zero-order chi connectivity index (χ0) is 12.8. The molecule has 92 valence electrons. The van der Waals surface area contributed by atoms with E-state index in [1.807, 2.05) is 36.4 Å². The predicted molar refractivity (Wildman–Crippen MR) is 89.6 cm³/mol. The Morgan fingerprint density at radius 1 is 0.611 bits per heavy atom. The van der Waals surface area contributed by atoms with Crippen LogP contribution in [0.25, 0.3) is 0 Å². The second-order valence-corrected chi connectivity index (χ2v) is 7.11. The van der Waals surface area contributed by atoms with E-state index < -0.39 is 0 Å². The quantitative estimate of drug-likeness (QED) is 0.561. The zero-order valence-corrected chi connectivity index (χ0v) is 12.9. The summed E-state index contributed by atoms with van der Waals surface area (Å²) in [5, 5.41) is 0. The lowest BCUT2D eigenvalue weighted by Gasteiger charge is -2.05. The Morgan fingerprint density at radius 3 is 1.28 bits per heavy atom. The highest BCUT2D eigenvalue weighted by Crippen LogP contribution is 2.39. The second-order valence-electron chi connectivity index (χ2n) is 3.44. The van der Waals surface area contributed by atoms with E-state index in [4.69, 9.17) is 0 Å². The van der Waals surface area contributed by atoms with E-state index >= 15 is 0 Å². The van der Waals surface area contributed by atoms with Crippen LogP contribution in [0.3, 0.4) is 0 Å². The average molecular weight is 309 g/mol.